The average Bonchev–Trinajstić information content (AvgIpc) is 3.42. The Kier molecular flexibility index (Phi) is 8.68. The molecular weight excluding hydrogens is 584 g/mol. The molecule has 10 heteroatoms. The first-order valence-electron chi connectivity index (χ1n) is 15.5. The van der Waals surface area contributed by atoms with Gasteiger partial charge in [-0.25, -0.2) is 17.6 Å². The van der Waals surface area contributed by atoms with Gasteiger partial charge in [-0.2, -0.15) is 0 Å². The number of H-pyrrole nitrogens is 1. The second kappa shape index (κ2) is 11.9. The maximum Gasteiger partial charge on any atom is 0.269 e. The zero-order valence-corrected chi connectivity index (χ0v) is 27.0. The Labute approximate surface area is 262 Å². The summed E-state index contributed by atoms with van der Waals surface area (Å²) in [5.74, 6) is -6.18. The van der Waals surface area contributed by atoms with Gasteiger partial charge in [-0.1, -0.05) is 32.1 Å². The van der Waals surface area contributed by atoms with Crippen molar-refractivity contribution in [1.82, 2.24) is 19.7 Å². The van der Waals surface area contributed by atoms with Crippen LogP contribution in [0.5, 0.6) is 0 Å². The van der Waals surface area contributed by atoms with Gasteiger partial charge in [0.15, 0.2) is 5.82 Å². The Morgan fingerprint density at radius 1 is 1.02 bits per heavy atom. The molecule has 5 rings (SSSR count). The van der Waals surface area contributed by atoms with Crippen LogP contribution in [-0.4, -0.2) is 83.2 Å². The quantitative estimate of drug-likeness (QED) is 0.302. The molecule has 1 saturated heterocycles. The Morgan fingerprint density at radius 3 is 2.33 bits per heavy atom. The maximum atomic E-state index is 16.2. The van der Waals surface area contributed by atoms with E-state index in [9.17, 15) is 9.59 Å². The molecule has 242 valence electrons. The number of carbonyl (C=O) groups excluding carboxylic acids is 2. The Balaban J connectivity index is 1.60. The van der Waals surface area contributed by atoms with Crippen LogP contribution in [0.3, 0.4) is 0 Å². The lowest BCUT2D eigenvalue weighted by molar-refractivity contribution is -0.133. The van der Waals surface area contributed by atoms with Gasteiger partial charge in [0.25, 0.3) is 11.8 Å². The molecule has 45 heavy (non-hydrogen) atoms. The van der Waals surface area contributed by atoms with Crippen LogP contribution in [0, 0.1) is 17.6 Å². The first-order chi connectivity index (χ1) is 21.0. The molecule has 1 N–H and O–H groups in total. The summed E-state index contributed by atoms with van der Waals surface area (Å²) in [5.41, 5.74) is 1.16. The number of halogens is 4. The van der Waals surface area contributed by atoms with Gasteiger partial charge in [0.1, 0.15) is 11.5 Å². The van der Waals surface area contributed by atoms with E-state index in [1.807, 2.05) is 40.7 Å². The molecule has 2 aliphatic heterocycles. The Hall–Kier alpha value is -3.66. The van der Waals surface area contributed by atoms with Crippen LogP contribution in [-0.2, 0) is 4.79 Å². The Morgan fingerprint density at radius 2 is 1.73 bits per heavy atom. The standard InChI is InChI=1S/C35H42F4N4O2/c1-20(2)32(44)42-13-8-9-22(18-42)24-16-25(26-17-29(33(45)41(6)7)40-31(26)30(24)37)23-11-10-21(15-28(23)36)27-12-14-43(34(3,4)5)19-35(27,38)39/h9-11,15-17,20,27,40H,8,12-14,18-19H2,1-7H3/t27-/m0/s1. The zero-order chi connectivity index (χ0) is 33.0. The number of aromatic nitrogens is 1. The molecule has 2 aliphatic rings. The highest BCUT2D eigenvalue weighted by atomic mass is 19.3. The minimum atomic E-state index is -3.05. The molecule has 0 aliphatic carbocycles. The van der Waals surface area contributed by atoms with Crippen molar-refractivity contribution < 1.29 is 27.2 Å². The molecule has 2 amide bonds. The van der Waals surface area contributed by atoms with E-state index in [1.54, 1.807) is 30.0 Å². The smallest absolute Gasteiger partial charge is 0.269 e. The lowest BCUT2D eigenvalue weighted by Gasteiger charge is -2.44. The van der Waals surface area contributed by atoms with Crippen molar-refractivity contribution in [2.45, 2.75) is 64.8 Å². The van der Waals surface area contributed by atoms with E-state index < -0.39 is 35.6 Å². The number of carbonyl (C=O) groups is 2. The molecule has 6 nitrogen and oxygen atoms in total. The third kappa shape index (κ3) is 6.26. The number of benzene rings is 2. The summed E-state index contributed by atoms with van der Waals surface area (Å²) in [6.07, 6.45) is 2.58. The van der Waals surface area contributed by atoms with Gasteiger partial charge in [0.05, 0.1) is 18.0 Å². The molecule has 1 aromatic heterocycles. The summed E-state index contributed by atoms with van der Waals surface area (Å²) in [6, 6.07) is 7.20. The summed E-state index contributed by atoms with van der Waals surface area (Å²) in [7, 11) is 3.15. The van der Waals surface area contributed by atoms with Crippen LogP contribution in [0.15, 0.2) is 36.4 Å². The molecule has 1 fully saturated rings. The van der Waals surface area contributed by atoms with Crippen molar-refractivity contribution in [2.75, 3.05) is 40.3 Å². The monoisotopic (exact) mass is 626 g/mol. The minimum absolute atomic E-state index is 0.0328. The highest BCUT2D eigenvalue weighted by Gasteiger charge is 2.47. The number of piperidine rings is 1. The van der Waals surface area contributed by atoms with Gasteiger partial charge in [-0.05, 0) is 75.1 Å². The summed E-state index contributed by atoms with van der Waals surface area (Å²) in [4.78, 5) is 33.3. The van der Waals surface area contributed by atoms with Gasteiger partial charge in [0, 0.05) is 55.2 Å². The van der Waals surface area contributed by atoms with Crippen LogP contribution in [0.2, 0.25) is 0 Å². The van der Waals surface area contributed by atoms with E-state index in [0.29, 0.717) is 36.0 Å². The summed E-state index contributed by atoms with van der Waals surface area (Å²) in [5, 5.41) is 0.295. The van der Waals surface area contributed by atoms with Gasteiger partial charge < -0.3 is 14.8 Å². The molecule has 3 heterocycles. The number of hydrogen-bond acceptors (Lipinski definition) is 3. The van der Waals surface area contributed by atoms with Gasteiger partial charge in [-0.15, -0.1) is 0 Å². The number of amides is 2. The normalized spacial score (nSPS) is 19.2. The average molecular weight is 627 g/mol. The van der Waals surface area contributed by atoms with Crippen LogP contribution < -0.4 is 0 Å². The maximum absolute atomic E-state index is 16.2. The number of hydrogen-bond donors (Lipinski definition) is 1. The molecule has 0 saturated carbocycles. The third-order valence-corrected chi connectivity index (χ3v) is 9.03. The SMILES string of the molecule is CC(C)C(=O)N1CCC=C(c2cc(-c3ccc([C@@H]4CCN(C(C)(C)C)CC4(F)F)cc3F)c3cc(C(=O)N(C)C)[nH]c3c2F)C1. The van der Waals surface area contributed by atoms with E-state index >= 15 is 17.6 Å². The molecule has 0 spiro atoms. The van der Waals surface area contributed by atoms with Crippen molar-refractivity contribution >= 4 is 28.3 Å². The van der Waals surface area contributed by atoms with Crippen molar-refractivity contribution in [1.29, 1.82) is 0 Å². The molecule has 0 bridgehead atoms. The van der Waals surface area contributed by atoms with E-state index in [0.717, 1.165) is 6.07 Å². The number of aromatic amines is 1. The first-order valence-corrected chi connectivity index (χ1v) is 15.5. The number of nitrogens with one attached hydrogen (secondary N) is 1. The largest absolute Gasteiger partial charge is 0.348 e. The number of rotatable bonds is 5. The van der Waals surface area contributed by atoms with Crippen molar-refractivity contribution in [3.8, 4) is 11.1 Å². The highest BCUT2D eigenvalue weighted by molar-refractivity contribution is 6.04. The fraction of sp³-hybridized carbons (Fsp3) is 0.486. The van der Waals surface area contributed by atoms with Crippen LogP contribution in [0.4, 0.5) is 17.6 Å². The fourth-order valence-electron chi connectivity index (χ4n) is 6.45. The predicted octanol–water partition coefficient (Wildman–Crippen LogP) is 7.31. The van der Waals surface area contributed by atoms with Crippen molar-refractivity contribution in [3.05, 3.63) is 64.9 Å². The van der Waals surface area contributed by atoms with Crippen LogP contribution in [0.1, 0.15) is 75.0 Å². The highest BCUT2D eigenvalue weighted by Crippen LogP contribution is 2.44. The lowest BCUT2D eigenvalue weighted by atomic mass is 9.83. The molecule has 2 aromatic carbocycles. The molecule has 1 atom stereocenters. The van der Waals surface area contributed by atoms with E-state index in [2.05, 4.69) is 4.98 Å². The summed E-state index contributed by atoms with van der Waals surface area (Å²) < 4.78 is 63.1. The second-order valence-electron chi connectivity index (χ2n) is 13.8. The summed E-state index contributed by atoms with van der Waals surface area (Å²) in [6.45, 7) is 10.1. The second-order valence-corrected chi connectivity index (χ2v) is 13.8. The third-order valence-electron chi connectivity index (χ3n) is 9.03. The van der Waals surface area contributed by atoms with Gasteiger partial charge >= 0.3 is 0 Å². The van der Waals surface area contributed by atoms with Crippen molar-refractivity contribution in [2.24, 2.45) is 5.92 Å². The molecule has 0 radical (unpaired) electrons. The fourth-order valence-corrected chi connectivity index (χ4v) is 6.45. The van der Waals surface area contributed by atoms with E-state index in [1.165, 1.54) is 23.1 Å². The van der Waals surface area contributed by atoms with Crippen molar-refractivity contribution in [3.63, 3.8) is 0 Å². The number of fused-ring (bicyclic) bond motifs is 1. The summed E-state index contributed by atoms with van der Waals surface area (Å²) >= 11 is 0. The lowest BCUT2D eigenvalue weighted by Crippen LogP contribution is -2.54. The molecular formula is C35H42F4N4O2. The topological polar surface area (TPSA) is 59.7 Å². The minimum Gasteiger partial charge on any atom is -0.348 e. The number of nitrogens with zero attached hydrogens (tertiary/aromatic N) is 3. The van der Waals surface area contributed by atoms with Crippen LogP contribution in [0.25, 0.3) is 27.6 Å². The van der Waals surface area contributed by atoms with Crippen LogP contribution >= 0.6 is 0 Å². The molecule has 0 unspecified atom stereocenters. The molecule has 3 aromatic rings. The van der Waals surface area contributed by atoms with Gasteiger partial charge in [-0.3, -0.25) is 14.5 Å². The van der Waals surface area contributed by atoms with E-state index in [-0.39, 0.29) is 58.6 Å². The Bertz CT molecular complexity index is 1670. The number of likely N-dealkylation sites (tertiary alicyclic amines) is 1. The van der Waals surface area contributed by atoms with Gasteiger partial charge in [0.2, 0.25) is 5.91 Å². The zero-order valence-electron chi connectivity index (χ0n) is 27.0. The first kappa shape index (κ1) is 32.7. The number of alkyl halides is 2. The van der Waals surface area contributed by atoms with E-state index in [4.69, 9.17) is 0 Å². The predicted molar refractivity (Wildman–Crippen MR) is 169 cm³/mol.